The van der Waals surface area contributed by atoms with Crippen molar-refractivity contribution in [3.05, 3.63) is 45.5 Å². The normalized spacial score (nSPS) is 10.7. The highest BCUT2D eigenvalue weighted by molar-refractivity contribution is 5.47. The van der Waals surface area contributed by atoms with E-state index in [4.69, 9.17) is 0 Å². The fourth-order valence-electron chi connectivity index (χ4n) is 2.19. The molecule has 0 aromatic carbocycles. The Labute approximate surface area is 112 Å². The number of aromatic nitrogens is 3. The van der Waals surface area contributed by atoms with Gasteiger partial charge in [0.1, 0.15) is 5.82 Å². The Balaban J connectivity index is 2.40. The molecular weight excluding hydrogens is 240 g/mol. The summed E-state index contributed by atoms with van der Waals surface area (Å²) in [5, 5.41) is 7.71. The smallest absolute Gasteiger partial charge is 0.251 e. The number of pyridine rings is 1. The number of anilines is 1. The number of hydrogen-bond donors (Lipinski definition) is 1. The van der Waals surface area contributed by atoms with E-state index in [1.54, 1.807) is 10.6 Å². The van der Waals surface area contributed by atoms with Crippen LogP contribution >= 0.6 is 0 Å². The largest absolute Gasteiger partial charge is 0.370 e. The lowest BCUT2D eigenvalue weighted by Gasteiger charge is -2.10. The minimum absolute atomic E-state index is 0.0192. The van der Waals surface area contributed by atoms with E-state index in [0.29, 0.717) is 6.54 Å². The third-order valence-corrected chi connectivity index (χ3v) is 3.17. The molecule has 0 fully saturated rings. The maximum absolute atomic E-state index is 11.9. The summed E-state index contributed by atoms with van der Waals surface area (Å²) in [6, 6.07) is 3.60. The van der Waals surface area contributed by atoms with Crippen LogP contribution in [0.4, 0.5) is 5.82 Å². The van der Waals surface area contributed by atoms with Gasteiger partial charge in [0.15, 0.2) is 0 Å². The van der Waals surface area contributed by atoms with Crippen LogP contribution in [0, 0.1) is 13.8 Å². The van der Waals surface area contributed by atoms with Gasteiger partial charge in [0, 0.05) is 31.4 Å². The molecule has 0 amide bonds. The molecule has 0 saturated heterocycles. The first-order valence-electron chi connectivity index (χ1n) is 6.46. The molecule has 0 saturated carbocycles. The van der Waals surface area contributed by atoms with E-state index < -0.39 is 0 Å². The molecule has 102 valence electrons. The van der Waals surface area contributed by atoms with Crippen LogP contribution in [0.2, 0.25) is 0 Å². The van der Waals surface area contributed by atoms with Gasteiger partial charge in [-0.25, -0.2) is 0 Å². The number of rotatable bonds is 4. The van der Waals surface area contributed by atoms with Gasteiger partial charge in [-0.05, 0) is 32.4 Å². The van der Waals surface area contributed by atoms with Crippen LogP contribution < -0.4 is 10.9 Å². The molecule has 1 N–H and O–H groups in total. The zero-order valence-corrected chi connectivity index (χ0v) is 11.9. The summed E-state index contributed by atoms with van der Waals surface area (Å²) >= 11 is 0. The second-order valence-electron chi connectivity index (χ2n) is 4.74. The standard InChI is InChI=1S/C14H20N4O/c1-5-15-14-12(11(3)16-17(14)4)9-18-7-6-10(2)8-13(18)19/h6-8,15H,5,9H2,1-4H3. The molecule has 19 heavy (non-hydrogen) atoms. The van der Waals surface area contributed by atoms with Gasteiger partial charge < -0.3 is 9.88 Å². The van der Waals surface area contributed by atoms with Crippen molar-refractivity contribution < 1.29 is 0 Å². The predicted octanol–water partition coefficient (Wildman–Crippen LogP) is 1.68. The van der Waals surface area contributed by atoms with Crippen molar-refractivity contribution in [2.45, 2.75) is 27.3 Å². The third kappa shape index (κ3) is 2.70. The monoisotopic (exact) mass is 260 g/mol. The number of nitrogens with zero attached hydrogens (tertiary/aromatic N) is 3. The molecule has 0 bridgehead atoms. The van der Waals surface area contributed by atoms with E-state index in [2.05, 4.69) is 10.4 Å². The Morgan fingerprint density at radius 3 is 2.74 bits per heavy atom. The molecule has 0 aliphatic rings. The maximum Gasteiger partial charge on any atom is 0.251 e. The molecule has 2 aromatic heterocycles. The van der Waals surface area contributed by atoms with Gasteiger partial charge in [-0.1, -0.05) is 0 Å². The molecule has 0 radical (unpaired) electrons. The van der Waals surface area contributed by atoms with Crippen molar-refractivity contribution in [2.24, 2.45) is 7.05 Å². The first-order chi connectivity index (χ1) is 9.02. The molecule has 0 atom stereocenters. The van der Waals surface area contributed by atoms with Crippen LogP contribution in [0.3, 0.4) is 0 Å². The number of aryl methyl sites for hydroxylation is 3. The molecule has 0 aliphatic heterocycles. The van der Waals surface area contributed by atoms with Gasteiger partial charge >= 0.3 is 0 Å². The van der Waals surface area contributed by atoms with Gasteiger partial charge in [-0.15, -0.1) is 0 Å². The van der Waals surface area contributed by atoms with Crippen molar-refractivity contribution in [1.29, 1.82) is 0 Å². The first-order valence-corrected chi connectivity index (χ1v) is 6.46. The van der Waals surface area contributed by atoms with Crippen molar-refractivity contribution in [3.8, 4) is 0 Å². The van der Waals surface area contributed by atoms with Crippen LogP contribution in [0.1, 0.15) is 23.7 Å². The van der Waals surface area contributed by atoms with Crippen LogP contribution in [-0.2, 0) is 13.6 Å². The molecule has 5 nitrogen and oxygen atoms in total. The SMILES string of the molecule is CCNc1c(Cn2ccc(C)cc2=O)c(C)nn1C. The van der Waals surface area contributed by atoms with E-state index in [0.717, 1.165) is 29.2 Å². The molecule has 0 unspecified atom stereocenters. The third-order valence-electron chi connectivity index (χ3n) is 3.17. The zero-order valence-electron chi connectivity index (χ0n) is 11.9. The highest BCUT2D eigenvalue weighted by Crippen LogP contribution is 2.19. The van der Waals surface area contributed by atoms with Crippen LogP contribution in [0.5, 0.6) is 0 Å². The average molecular weight is 260 g/mol. The van der Waals surface area contributed by atoms with Gasteiger partial charge in [0.05, 0.1) is 12.2 Å². The fraction of sp³-hybridized carbons (Fsp3) is 0.429. The summed E-state index contributed by atoms with van der Waals surface area (Å²) in [7, 11) is 1.91. The summed E-state index contributed by atoms with van der Waals surface area (Å²) in [5.74, 6) is 0.979. The fourth-order valence-corrected chi connectivity index (χ4v) is 2.19. The Hall–Kier alpha value is -2.04. The van der Waals surface area contributed by atoms with Crippen LogP contribution in [0.15, 0.2) is 23.1 Å². The summed E-state index contributed by atoms with van der Waals surface area (Å²) in [4.78, 5) is 11.9. The Kier molecular flexibility index (Phi) is 3.74. The van der Waals surface area contributed by atoms with Crippen molar-refractivity contribution in [3.63, 3.8) is 0 Å². The molecule has 2 rings (SSSR count). The van der Waals surface area contributed by atoms with E-state index in [1.165, 1.54) is 0 Å². The van der Waals surface area contributed by atoms with Crippen molar-refractivity contribution in [2.75, 3.05) is 11.9 Å². The molecule has 0 aliphatic carbocycles. The van der Waals surface area contributed by atoms with Crippen molar-refractivity contribution in [1.82, 2.24) is 14.3 Å². The number of nitrogens with one attached hydrogen (secondary N) is 1. The van der Waals surface area contributed by atoms with Gasteiger partial charge in [0.2, 0.25) is 0 Å². The first kappa shape index (κ1) is 13.4. The van der Waals surface area contributed by atoms with Crippen LogP contribution in [0.25, 0.3) is 0 Å². The van der Waals surface area contributed by atoms with Gasteiger partial charge in [-0.2, -0.15) is 5.10 Å². The topological polar surface area (TPSA) is 51.9 Å². The summed E-state index contributed by atoms with van der Waals surface area (Å²) in [6.45, 7) is 7.31. The quantitative estimate of drug-likeness (QED) is 0.910. The predicted molar refractivity (Wildman–Crippen MR) is 76.6 cm³/mol. The highest BCUT2D eigenvalue weighted by atomic mass is 16.1. The lowest BCUT2D eigenvalue weighted by molar-refractivity contribution is 0.751. The second-order valence-corrected chi connectivity index (χ2v) is 4.74. The van der Waals surface area contributed by atoms with E-state index in [1.807, 2.05) is 44.8 Å². The second kappa shape index (κ2) is 5.30. The Bertz CT molecular complexity index is 639. The molecule has 2 aromatic rings. The lowest BCUT2D eigenvalue weighted by Crippen LogP contribution is -2.20. The maximum atomic E-state index is 11.9. The molecule has 0 spiro atoms. The van der Waals surface area contributed by atoms with Crippen LogP contribution in [-0.4, -0.2) is 20.9 Å². The molecule has 5 heteroatoms. The van der Waals surface area contributed by atoms with E-state index in [-0.39, 0.29) is 5.56 Å². The van der Waals surface area contributed by atoms with Gasteiger partial charge in [-0.3, -0.25) is 9.48 Å². The lowest BCUT2D eigenvalue weighted by atomic mass is 10.2. The Morgan fingerprint density at radius 2 is 2.11 bits per heavy atom. The van der Waals surface area contributed by atoms with Gasteiger partial charge in [0.25, 0.3) is 5.56 Å². The zero-order chi connectivity index (χ0) is 14.0. The highest BCUT2D eigenvalue weighted by Gasteiger charge is 2.13. The summed E-state index contributed by atoms with van der Waals surface area (Å²) in [5.41, 5.74) is 3.02. The van der Waals surface area contributed by atoms with E-state index in [9.17, 15) is 4.79 Å². The Morgan fingerprint density at radius 1 is 1.37 bits per heavy atom. The average Bonchev–Trinajstić information content (AvgIpc) is 2.60. The minimum Gasteiger partial charge on any atom is -0.370 e. The summed E-state index contributed by atoms with van der Waals surface area (Å²) < 4.78 is 3.53. The molecular formula is C14H20N4O. The van der Waals surface area contributed by atoms with E-state index >= 15 is 0 Å². The minimum atomic E-state index is 0.0192. The van der Waals surface area contributed by atoms with Crippen molar-refractivity contribution >= 4 is 5.82 Å². The number of hydrogen-bond acceptors (Lipinski definition) is 3. The molecule has 2 heterocycles. The summed E-state index contributed by atoms with van der Waals surface area (Å²) in [6.07, 6.45) is 1.83.